The van der Waals surface area contributed by atoms with E-state index in [1.54, 1.807) is 0 Å². The van der Waals surface area contributed by atoms with Crippen molar-refractivity contribution in [3.8, 4) is 11.1 Å². The van der Waals surface area contributed by atoms with Gasteiger partial charge in [0.05, 0.1) is 0 Å². The molecule has 0 aliphatic rings. The highest BCUT2D eigenvalue weighted by Crippen LogP contribution is 2.24. The van der Waals surface area contributed by atoms with Gasteiger partial charge in [0.15, 0.2) is 0 Å². The summed E-state index contributed by atoms with van der Waals surface area (Å²) in [5.74, 6) is 0. The van der Waals surface area contributed by atoms with Crippen LogP contribution in [0.2, 0.25) is 0 Å². The summed E-state index contributed by atoms with van der Waals surface area (Å²) in [5.41, 5.74) is 5.28. The smallest absolute Gasteiger partial charge is 0.0291 e. The van der Waals surface area contributed by atoms with Crippen LogP contribution in [-0.2, 0) is 0 Å². The van der Waals surface area contributed by atoms with Crippen LogP contribution in [0.3, 0.4) is 0 Å². The Hall–Kier alpha value is -1.60. The highest BCUT2D eigenvalue weighted by atomic mass is 14.9. The Labute approximate surface area is 110 Å². The van der Waals surface area contributed by atoms with Gasteiger partial charge in [-0.15, -0.1) is 0 Å². The number of benzene rings is 2. The van der Waals surface area contributed by atoms with Crippen LogP contribution in [0.15, 0.2) is 48.5 Å². The van der Waals surface area contributed by atoms with Crippen molar-refractivity contribution in [2.75, 3.05) is 6.54 Å². The first-order valence-corrected chi connectivity index (χ1v) is 6.61. The second kappa shape index (κ2) is 5.83. The molecule has 0 aliphatic heterocycles. The molecule has 0 bridgehead atoms. The SMILES string of the molecule is CCNC(C)c1ccc(-c2ccccc2C)cc1. The molecule has 0 radical (unpaired) electrons. The van der Waals surface area contributed by atoms with Crippen LogP contribution in [0.25, 0.3) is 11.1 Å². The van der Waals surface area contributed by atoms with E-state index in [0.717, 1.165) is 6.54 Å². The molecule has 2 aromatic rings. The molecule has 0 aliphatic carbocycles. The fourth-order valence-electron chi connectivity index (χ4n) is 2.27. The highest BCUT2D eigenvalue weighted by molar-refractivity contribution is 5.67. The molecule has 0 amide bonds. The number of rotatable bonds is 4. The Morgan fingerprint density at radius 2 is 1.67 bits per heavy atom. The quantitative estimate of drug-likeness (QED) is 0.837. The van der Waals surface area contributed by atoms with Gasteiger partial charge in [0.25, 0.3) is 0 Å². The summed E-state index contributed by atoms with van der Waals surface area (Å²) in [7, 11) is 0. The third-order valence-electron chi connectivity index (χ3n) is 3.38. The third-order valence-corrected chi connectivity index (χ3v) is 3.38. The Kier molecular flexibility index (Phi) is 4.16. The van der Waals surface area contributed by atoms with Gasteiger partial charge < -0.3 is 5.32 Å². The van der Waals surface area contributed by atoms with Crippen LogP contribution in [0.4, 0.5) is 0 Å². The van der Waals surface area contributed by atoms with Crippen molar-refractivity contribution in [1.29, 1.82) is 0 Å². The minimum atomic E-state index is 0.418. The van der Waals surface area contributed by atoms with Crippen LogP contribution in [0, 0.1) is 6.92 Å². The van der Waals surface area contributed by atoms with E-state index in [-0.39, 0.29) is 0 Å². The molecule has 18 heavy (non-hydrogen) atoms. The van der Waals surface area contributed by atoms with E-state index in [1.165, 1.54) is 22.3 Å². The first kappa shape index (κ1) is 12.8. The normalized spacial score (nSPS) is 12.4. The second-order valence-corrected chi connectivity index (χ2v) is 4.72. The van der Waals surface area contributed by atoms with Crippen molar-refractivity contribution < 1.29 is 0 Å². The van der Waals surface area contributed by atoms with Gasteiger partial charge in [-0.1, -0.05) is 55.5 Å². The summed E-state index contributed by atoms with van der Waals surface area (Å²) in [4.78, 5) is 0. The average Bonchev–Trinajstić information content (AvgIpc) is 2.40. The Bertz CT molecular complexity index is 499. The minimum absolute atomic E-state index is 0.418. The molecule has 0 fully saturated rings. The molecular formula is C17H21N. The maximum atomic E-state index is 3.43. The zero-order valence-corrected chi connectivity index (χ0v) is 11.4. The van der Waals surface area contributed by atoms with Crippen molar-refractivity contribution in [1.82, 2.24) is 5.32 Å². The van der Waals surface area contributed by atoms with Gasteiger partial charge in [0.1, 0.15) is 0 Å². The summed E-state index contributed by atoms with van der Waals surface area (Å²) in [6.45, 7) is 7.50. The van der Waals surface area contributed by atoms with E-state index in [4.69, 9.17) is 0 Å². The minimum Gasteiger partial charge on any atom is -0.310 e. The number of hydrogen-bond acceptors (Lipinski definition) is 1. The maximum absolute atomic E-state index is 3.43. The molecule has 94 valence electrons. The van der Waals surface area contributed by atoms with E-state index >= 15 is 0 Å². The lowest BCUT2D eigenvalue weighted by Crippen LogP contribution is -2.17. The van der Waals surface area contributed by atoms with Crippen molar-refractivity contribution in [2.24, 2.45) is 0 Å². The number of nitrogens with one attached hydrogen (secondary N) is 1. The zero-order chi connectivity index (χ0) is 13.0. The lowest BCUT2D eigenvalue weighted by atomic mass is 9.98. The van der Waals surface area contributed by atoms with Crippen LogP contribution in [0.5, 0.6) is 0 Å². The van der Waals surface area contributed by atoms with Crippen molar-refractivity contribution in [3.63, 3.8) is 0 Å². The molecule has 0 aromatic heterocycles. The molecule has 0 saturated heterocycles. The van der Waals surface area contributed by atoms with Gasteiger partial charge in [-0.2, -0.15) is 0 Å². The van der Waals surface area contributed by atoms with E-state index in [1.807, 2.05) is 0 Å². The standard InChI is InChI=1S/C17H21N/c1-4-18-14(3)15-9-11-16(12-10-15)17-8-6-5-7-13(17)2/h5-12,14,18H,4H2,1-3H3. The molecule has 1 nitrogen and oxygen atoms in total. The summed E-state index contributed by atoms with van der Waals surface area (Å²) < 4.78 is 0. The molecule has 1 N–H and O–H groups in total. The number of hydrogen-bond donors (Lipinski definition) is 1. The van der Waals surface area contributed by atoms with E-state index < -0.39 is 0 Å². The lowest BCUT2D eigenvalue weighted by Gasteiger charge is -2.13. The van der Waals surface area contributed by atoms with Gasteiger partial charge in [-0.25, -0.2) is 0 Å². The Balaban J connectivity index is 2.25. The van der Waals surface area contributed by atoms with Gasteiger partial charge in [0.2, 0.25) is 0 Å². The highest BCUT2D eigenvalue weighted by Gasteiger charge is 2.05. The van der Waals surface area contributed by atoms with Gasteiger partial charge >= 0.3 is 0 Å². The Morgan fingerprint density at radius 1 is 1.00 bits per heavy atom. The molecule has 0 heterocycles. The van der Waals surface area contributed by atoms with Gasteiger partial charge in [0, 0.05) is 6.04 Å². The molecule has 1 atom stereocenters. The third kappa shape index (κ3) is 2.80. The zero-order valence-electron chi connectivity index (χ0n) is 11.4. The average molecular weight is 239 g/mol. The van der Waals surface area contributed by atoms with Crippen LogP contribution >= 0.6 is 0 Å². The first-order valence-electron chi connectivity index (χ1n) is 6.61. The topological polar surface area (TPSA) is 12.0 Å². The second-order valence-electron chi connectivity index (χ2n) is 4.72. The molecule has 1 heteroatoms. The summed E-state index contributed by atoms with van der Waals surface area (Å²) in [6, 6.07) is 17.8. The van der Waals surface area contributed by atoms with Crippen LogP contribution in [-0.4, -0.2) is 6.54 Å². The molecule has 2 aromatic carbocycles. The number of aryl methyl sites for hydroxylation is 1. The summed E-state index contributed by atoms with van der Waals surface area (Å²) in [6.07, 6.45) is 0. The molecule has 0 spiro atoms. The molecule has 0 saturated carbocycles. The Morgan fingerprint density at radius 3 is 2.28 bits per heavy atom. The van der Waals surface area contributed by atoms with Crippen molar-refractivity contribution in [2.45, 2.75) is 26.8 Å². The van der Waals surface area contributed by atoms with E-state index in [0.29, 0.717) is 6.04 Å². The predicted octanol–water partition coefficient (Wildman–Crippen LogP) is 4.33. The van der Waals surface area contributed by atoms with E-state index in [2.05, 4.69) is 74.6 Å². The summed E-state index contributed by atoms with van der Waals surface area (Å²) >= 11 is 0. The maximum Gasteiger partial charge on any atom is 0.0291 e. The van der Waals surface area contributed by atoms with Gasteiger partial charge in [-0.05, 0) is 42.6 Å². The predicted molar refractivity (Wildman–Crippen MR) is 78.7 cm³/mol. The van der Waals surface area contributed by atoms with Crippen LogP contribution in [0.1, 0.15) is 31.0 Å². The van der Waals surface area contributed by atoms with Crippen LogP contribution < -0.4 is 5.32 Å². The summed E-state index contributed by atoms with van der Waals surface area (Å²) in [5, 5.41) is 3.43. The lowest BCUT2D eigenvalue weighted by molar-refractivity contribution is 0.598. The van der Waals surface area contributed by atoms with Crippen molar-refractivity contribution in [3.05, 3.63) is 59.7 Å². The monoisotopic (exact) mass is 239 g/mol. The fourth-order valence-corrected chi connectivity index (χ4v) is 2.27. The van der Waals surface area contributed by atoms with Crippen molar-refractivity contribution >= 4 is 0 Å². The fraction of sp³-hybridized carbons (Fsp3) is 0.294. The first-order chi connectivity index (χ1) is 8.72. The molecular weight excluding hydrogens is 218 g/mol. The van der Waals surface area contributed by atoms with Gasteiger partial charge in [-0.3, -0.25) is 0 Å². The largest absolute Gasteiger partial charge is 0.310 e. The molecule has 1 unspecified atom stereocenters. The van der Waals surface area contributed by atoms with E-state index in [9.17, 15) is 0 Å². The molecule has 2 rings (SSSR count).